The van der Waals surface area contributed by atoms with Crippen LogP contribution >= 0.6 is 0 Å². The van der Waals surface area contributed by atoms with Crippen LogP contribution in [0.1, 0.15) is 50.7 Å². The molecule has 0 saturated carbocycles. The molecule has 0 amide bonds. The van der Waals surface area contributed by atoms with Gasteiger partial charge < -0.3 is 14.9 Å². The molecule has 2 radical (unpaired) electrons. The Kier molecular flexibility index (Phi) is 12.5. The van der Waals surface area contributed by atoms with Gasteiger partial charge in [-0.1, -0.05) is 39.8 Å². The molecule has 0 aliphatic carbocycles. The van der Waals surface area contributed by atoms with E-state index in [1.807, 2.05) is 0 Å². The molecule has 0 bridgehead atoms. The van der Waals surface area contributed by atoms with Crippen molar-refractivity contribution in [1.29, 1.82) is 0 Å². The van der Waals surface area contributed by atoms with Gasteiger partial charge in [-0.05, 0) is 11.8 Å². The van der Waals surface area contributed by atoms with Crippen LogP contribution in [0.3, 0.4) is 0 Å². The zero-order chi connectivity index (χ0) is 19.1. The predicted molar refractivity (Wildman–Crippen MR) is 126 cm³/mol. The maximum absolute atomic E-state index is 3.06. The van der Waals surface area contributed by atoms with E-state index in [1.165, 1.54) is 56.0 Å². The number of benzene rings is 2. The van der Waals surface area contributed by atoms with Gasteiger partial charge in [-0.2, -0.15) is 12.1 Å². The van der Waals surface area contributed by atoms with Gasteiger partial charge in [-0.3, -0.25) is 0 Å². The Hall–Kier alpha value is -1.24. The number of rotatable bonds is 2. The summed E-state index contributed by atoms with van der Waals surface area (Å²) >= 11 is 1.36. The second-order valence-corrected chi connectivity index (χ2v) is 7.14. The summed E-state index contributed by atoms with van der Waals surface area (Å²) in [5.74, 6) is 1.27. The Balaban J connectivity index is 0.000000449. The molecule has 0 fully saturated rings. The SMILES string of the molecule is CC(C)c1cc2ccccc2[cH-]1.CC(C)c1cc2ccccc2[cH-]1.[CH3-].[CH3-].[Si]=[Zr]. The molecule has 0 unspecified atom stereocenters. The van der Waals surface area contributed by atoms with Gasteiger partial charge in [0.05, 0.1) is 0 Å². The first kappa shape index (κ1) is 26.8. The van der Waals surface area contributed by atoms with Crippen molar-refractivity contribution in [1.82, 2.24) is 0 Å². The van der Waals surface area contributed by atoms with Crippen molar-refractivity contribution >= 4 is 28.4 Å². The summed E-state index contributed by atoms with van der Waals surface area (Å²) in [6.07, 6.45) is 0. The summed E-state index contributed by atoms with van der Waals surface area (Å²) in [5, 5.41) is 5.45. The van der Waals surface area contributed by atoms with Crippen LogP contribution in [0.4, 0.5) is 0 Å². The molecule has 0 spiro atoms. The Morgan fingerprint density at radius 1 is 0.643 bits per heavy atom. The standard InChI is InChI=1S/2C12H13.2CH3.Si.Zr/c2*1-9(2)12-7-10-5-3-4-6-11(10)8-12;;;;/h2*3-9H,1-2H3;2*1H3;;/q4*-1;;. The monoisotopic (exact) mass is 462 g/mol. The quantitative estimate of drug-likeness (QED) is 0.209. The van der Waals surface area contributed by atoms with Gasteiger partial charge in [0, 0.05) is 0 Å². The average Bonchev–Trinajstić information content (AvgIpc) is 3.28. The first-order chi connectivity index (χ1) is 12.5. The summed E-state index contributed by atoms with van der Waals surface area (Å²) in [6.45, 7) is 12.0. The van der Waals surface area contributed by atoms with Crippen molar-refractivity contribution < 1.29 is 23.3 Å². The van der Waals surface area contributed by atoms with Crippen molar-refractivity contribution in [2.24, 2.45) is 0 Å². The fraction of sp³-hybridized carbons (Fsp3) is 0.231. The van der Waals surface area contributed by atoms with E-state index in [0.29, 0.717) is 11.8 Å². The summed E-state index contributed by atoms with van der Waals surface area (Å²) < 4.78 is 0. The molecule has 0 heterocycles. The molecule has 2 heteroatoms. The van der Waals surface area contributed by atoms with Crippen molar-refractivity contribution in [3.63, 3.8) is 0 Å². The van der Waals surface area contributed by atoms with E-state index in [4.69, 9.17) is 0 Å². The fourth-order valence-corrected chi connectivity index (χ4v) is 3.02. The zero-order valence-corrected chi connectivity index (χ0v) is 21.5. The number of fused-ring (bicyclic) bond motifs is 2. The molecule has 0 aromatic heterocycles. The van der Waals surface area contributed by atoms with Crippen LogP contribution in [0.2, 0.25) is 0 Å². The fourth-order valence-electron chi connectivity index (χ4n) is 3.02. The third-order valence-electron chi connectivity index (χ3n) is 4.61. The first-order valence-electron chi connectivity index (χ1n) is 9.10. The molecule has 4 rings (SSSR count). The van der Waals surface area contributed by atoms with E-state index in [-0.39, 0.29) is 14.9 Å². The van der Waals surface area contributed by atoms with Crippen LogP contribution in [-0.2, 0) is 23.3 Å². The van der Waals surface area contributed by atoms with Crippen LogP contribution < -0.4 is 0 Å². The Morgan fingerprint density at radius 3 is 1.25 bits per heavy atom. The van der Waals surface area contributed by atoms with E-state index < -0.39 is 0 Å². The van der Waals surface area contributed by atoms with Gasteiger partial charge in [-0.25, -0.2) is 0 Å². The minimum absolute atomic E-state index is 0. The van der Waals surface area contributed by atoms with Crippen molar-refractivity contribution in [2.45, 2.75) is 39.5 Å². The first-order valence-corrected chi connectivity index (χ1v) is 13.3. The van der Waals surface area contributed by atoms with Crippen LogP contribution in [-0.4, -0.2) is 6.88 Å². The molecule has 0 aliphatic rings. The third-order valence-corrected chi connectivity index (χ3v) is 4.61. The second kappa shape index (κ2) is 13.1. The Bertz CT molecular complexity index is 799. The van der Waals surface area contributed by atoms with Gasteiger partial charge in [0.2, 0.25) is 0 Å². The maximum atomic E-state index is 3.06. The molecule has 0 nitrogen and oxygen atoms in total. The zero-order valence-electron chi connectivity index (χ0n) is 18.1. The molecule has 4 aromatic carbocycles. The van der Waals surface area contributed by atoms with E-state index in [2.05, 4.69) is 107 Å². The van der Waals surface area contributed by atoms with E-state index in [0.717, 1.165) is 0 Å². The number of hydrogen-bond acceptors (Lipinski definition) is 0. The van der Waals surface area contributed by atoms with Crippen LogP contribution in [0.5, 0.6) is 0 Å². The Labute approximate surface area is 189 Å². The van der Waals surface area contributed by atoms with Gasteiger partial charge in [0.25, 0.3) is 0 Å². The summed E-state index contributed by atoms with van der Waals surface area (Å²) in [6, 6.07) is 26.1. The number of hydrogen-bond donors (Lipinski definition) is 0. The minimum atomic E-state index is 0. The summed E-state index contributed by atoms with van der Waals surface area (Å²) in [5.41, 5.74) is 2.88. The van der Waals surface area contributed by atoms with Crippen molar-refractivity contribution in [3.05, 3.63) is 98.8 Å². The van der Waals surface area contributed by atoms with Crippen LogP contribution in [0, 0.1) is 14.9 Å². The van der Waals surface area contributed by atoms with Crippen molar-refractivity contribution in [3.8, 4) is 0 Å². The van der Waals surface area contributed by atoms with Gasteiger partial charge in [-0.15, -0.1) is 81.2 Å². The molecule has 0 N–H and O–H groups in total. The third kappa shape index (κ3) is 6.98. The van der Waals surface area contributed by atoms with Gasteiger partial charge in [0.1, 0.15) is 0 Å². The second-order valence-electron chi connectivity index (χ2n) is 7.14. The van der Waals surface area contributed by atoms with Crippen molar-refractivity contribution in [2.75, 3.05) is 0 Å². The van der Waals surface area contributed by atoms with E-state index >= 15 is 0 Å². The predicted octanol–water partition coefficient (Wildman–Crippen LogP) is 7.88. The molecule has 0 saturated heterocycles. The van der Waals surface area contributed by atoms with E-state index in [1.54, 1.807) is 0 Å². The van der Waals surface area contributed by atoms with Gasteiger partial charge >= 0.3 is 30.2 Å². The molecule has 0 aliphatic heterocycles. The topological polar surface area (TPSA) is 0 Å². The molecular formula is C26H32SiZr-4. The van der Waals surface area contributed by atoms with Gasteiger partial charge in [0.15, 0.2) is 0 Å². The molecule has 4 aromatic rings. The van der Waals surface area contributed by atoms with Crippen LogP contribution in [0.25, 0.3) is 21.5 Å². The summed E-state index contributed by atoms with van der Waals surface area (Å²) in [4.78, 5) is 0. The average molecular weight is 464 g/mol. The Morgan fingerprint density at radius 2 is 0.964 bits per heavy atom. The normalized spacial score (nSPS) is 9.75. The molecule has 28 heavy (non-hydrogen) atoms. The van der Waals surface area contributed by atoms with E-state index in [9.17, 15) is 0 Å². The van der Waals surface area contributed by atoms with Crippen LogP contribution in [0.15, 0.2) is 72.8 Å². The molecule has 148 valence electrons. The summed E-state index contributed by atoms with van der Waals surface area (Å²) in [7, 11) is 0. The molecular weight excluding hydrogens is 432 g/mol. The molecule has 0 atom stereocenters.